The molecule has 164 valence electrons. The SMILES string of the molecule is CC(C)n1nc(-c2ccc(C(F)(F)F)nc2)nc1[C@H]1CC[C@H](C2CNCCCO2)C1. The summed E-state index contributed by atoms with van der Waals surface area (Å²) in [5, 5.41) is 8.06. The second-order valence-electron chi connectivity index (χ2n) is 8.50. The number of rotatable bonds is 4. The zero-order chi connectivity index (χ0) is 21.3. The van der Waals surface area contributed by atoms with Gasteiger partial charge in [0, 0.05) is 36.9 Å². The first-order chi connectivity index (χ1) is 14.3. The summed E-state index contributed by atoms with van der Waals surface area (Å²) in [6, 6.07) is 2.48. The summed E-state index contributed by atoms with van der Waals surface area (Å²) in [6.07, 6.45) is 1.10. The lowest BCUT2D eigenvalue weighted by molar-refractivity contribution is -0.141. The fourth-order valence-electron chi connectivity index (χ4n) is 4.44. The van der Waals surface area contributed by atoms with Gasteiger partial charge < -0.3 is 10.1 Å². The molecule has 2 aromatic heterocycles. The van der Waals surface area contributed by atoms with E-state index in [4.69, 9.17) is 9.72 Å². The van der Waals surface area contributed by atoms with Gasteiger partial charge in [0.15, 0.2) is 5.82 Å². The molecule has 1 aliphatic heterocycles. The minimum absolute atomic E-state index is 0.110. The largest absolute Gasteiger partial charge is 0.433 e. The van der Waals surface area contributed by atoms with Crippen LogP contribution in [0.1, 0.15) is 63.0 Å². The van der Waals surface area contributed by atoms with Crippen molar-refractivity contribution in [3.05, 3.63) is 29.8 Å². The van der Waals surface area contributed by atoms with E-state index >= 15 is 0 Å². The second kappa shape index (κ2) is 8.63. The van der Waals surface area contributed by atoms with Gasteiger partial charge in [-0.25, -0.2) is 9.67 Å². The van der Waals surface area contributed by atoms with Crippen LogP contribution in [0.2, 0.25) is 0 Å². The average Bonchev–Trinajstić information content (AvgIpc) is 3.28. The highest BCUT2D eigenvalue weighted by Crippen LogP contribution is 2.41. The van der Waals surface area contributed by atoms with Crippen LogP contribution < -0.4 is 5.32 Å². The average molecular weight is 423 g/mol. The van der Waals surface area contributed by atoms with Crippen LogP contribution in [0.4, 0.5) is 13.2 Å². The van der Waals surface area contributed by atoms with E-state index in [-0.39, 0.29) is 18.1 Å². The molecule has 2 aliphatic rings. The summed E-state index contributed by atoms with van der Waals surface area (Å²) in [4.78, 5) is 8.30. The van der Waals surface area contributed by atoms with Gasteiger partial charge in [-0.15, -0.1) is 0 Å². The quantitative estimate of drug-likeness (QED) is 0.799. The highest BCUT2D eigenvalue weighted by Gasteiger charge is 2.36. The van der Waals surface area contributed by atoms with Gasteiger partial charge >= 0.3 is 6.18 Å². The number of aromatic nitrogens is 4. The van der Waals surface area contributed by atoms with Crippen LogP contribution in [0, 0.1) is 5.92 Å². The first kappa shape index (κ1) is 21.2. The van der Waals surface area contributed by atoms with E-state index in [1.165, 1.54) is 12.3 Å². The van der Waals surface area contributed by atoms with E-state index in [2.05, 4.69) is 15.4 Å². The van der Waals surface area contributed by atoms with Crippen LogP contribution in [0.3, 0.4) is 0 Å². The zero-order valence-corrected chi connectivity index (χ0v) is 17.3. The minimum Gasteiger partial charge on any atom is -0.377 e. The van der Waals surface area contributed by atoms with E-state index < -0.39 is 11.9 Å². The Bertz CT molecular complexity index is 841. The van der Waals surface area contributed by atoms with Crippen LogP contribution in [-0.2, 0) is 10.9 Å². The number of nitrogens with zero attached hydrogens (tertiary/aromatic N) is 4. The molecule has 0 aromatic carbocycles. The molecule has 3 atom stereocenters. The maximum atomic E-state index is 12.8. The number of hydrogen-bond donors (Lipinski definition) is 1. The number of alkyl halides is 3. The number of nitrogens with one attached hydrogen (secondary N) is 1. The lowest BCUT2D eigenvalue weighted by atomic mass is 9.98. The minimum atomic E-state index is -4.46. The van der Waals surface area contributed by atoms with E-state index in [1.54, 1.807) is 0 Å². The summed E-state index contributed by atoms with van der Waals surface area (Å²) < 4.78 is 46.4. The van der Waals surface area contributed by atoms with Gasteiger partial charge in [0.25, 0.3) is 0 Å². The summed E-state index contributed by atoms with van der Waals surface area (Å²) in [7, 11) is 0. The monoisotopic (exact) mass is 423 g/mol. The molecule has 1 N–H and O–H groups in total. The molecule has 2 fully saturated rings. The molecule has 0 amide bonds. The van der Waals surface area contributed by atoms with Crippen LogP contribution in [0.25, 0.3) is 11.4 Å². The van der Waals surface area contributed by atoms with Gasteiger partial charge in [-0.2, -0.15) is 18.3 Å². The molecule has 30 heavy (non-hydrogen) atoms. The Kier molecular flexibility index (Phi) is 6.11. The summed E-state index contributed by atoms with van der Waals surface area (Å²) in [5.74, 6) is 2.08. The first-order valence-electron chi connectivity index (χ1n) is 10.7. The molecule has 9 heteroatoms. The molecule has 0 spiro atoms. The van der Waals surface area contributed by atoms with Gasteiger partial charge in [0.1, 0.15) is 11.5 Å². The lowest BCUT2D eigenvalue weighted by Gasteiger charge is -2.22. The third-order valence-corrected chi connectivity index (χ3v) is 6.00. The van der Waals surface area contributed by atoms with E-state index in [9.17, 15) is 13.2 Å². The van der Waals surface area contributed by atoms with Gasteiger partial charge in [-0.1, -0.05) is 0 Å². The van der Waals surface area contributed by atoms with Crippen molar-refractivity contribution in [1.29, 1.82) is 0 Å². The summed E-state index contributed by atoms with van der Waals surface area (Å²) in [6.45, 7) is 6.76. The topological polar surface area (TPSA) is 64.9 Å². The molecule has 6 nitrogen and oxygen atoms in total. The Morgan fingerprint density at radius 1 is 1.23 bits per heavy atom. The molecule has 1 aliphatic carbocycles. The number of halogens is 3. The van der Waals surface area contributed by atoms with Gasteiger partial charge in [0.05, 0.1) is 6.10 Å². The smallest absolute Gasteiger partial charge is 0.377 e. The number of pyridine rings is 1. The van der Waals surface area contributed by atoms with Crippen molar-refractivity contribution in [1.82, 2.24) is 25.1 Å². The highest BCUT2D eigenvalue weighted by atomic mass is 19.4. The van der Waals surface area contributed by atoms with Crippen LogP contribution in [-0.4, -0.2) is 45.5 Å². The van der Waals surface area contributed by atoms with Crippen molar-refractivity contribution >= 4 is 0 Å². The Labute approximate surface area is 174 Å². The molecule has 1 unspecified atom stereocenters. The van der Waals surface area contributed by atoms with Crippen molar-refractivity contribution in [2.24, 2.45) is 5.92 Å². The summed E-state index contributed by atoms with van der Waals surface area (Å²) >= 11 is 0. The standard InChI is InChI=1S/C21H28F3N5O/c1-13(2)29-20(15-5-4-14(10-15)17-12-25-8-3-9-30-17)27-19(28-29)16-6-7-18(26-11-16)21(22,23)24/h6-7,11,13-15,17,25H,3-5,8-10,12H2,1-2H3/t14-,15-,17?/m0/s1. The van der Waals surface area contributed by atoms with Crippen molar-refractivity contribution < 1.29 is 17.9 Å². The van der Waals surface area contributed by atoms with Crippen molar-refractivity contribution in [2.75, 3.05) is 19.7 Å². The van der Waals surface area contributed by atoms with Crippen LogP contribution in [0.5, 0.6) is 0 Å². The van der Waals surface area contributed by atoms with E-state index in [0.29, 0.717) is 17.3 Å². The molecular weight excluding hydrogens is 395 g/mol. The lowest BCUT2D eigenvalue weighted by Crippen LogP contribution is -2.31. The fourth-order valence-corrected chi connectivity index (χ4v) is 4.44. The Morgan fingerprint density at radius 3 is 2.77 bits per heavy atom. The fraction of sp³-hybridized carbons (Fsp3) is 0.667. The second-order valence-corrected chi connectivity index (χ2v) is 8.50. The molecule has 2 aromatic rings. The highest BCUT2D eigenvalue weighted by molar-refractivity contribution is 5.53. The molecule has 4 rings (SSSR count). The van der Waals surface area contributed by atoms with Crippen molar-refractivity contribution in [2.45, 2.75) is 63.8 Å². The molecular formula is C21H28F3N5O. The van der Waals surface area contributed by atoms with Gasteiger partial charge in [0.2, 0.25) is 0 Å². The van der Waals surface area contributed by atoms with Crippen molar-refractivity contribution in [3.63, 3.8) is 0 Å². The number of ether oxygens (including phenoxy) is 1. The third kappa shape index (κ3) is 4.51. The zero-order valence-electron chi connectivity index (χ0n) is 17.3. The van der Waals surface area contributed by atoms with Crippen LogP contribution >= 0.6 is 0 Å². The van der Waals surface area contributed by atoms with E-state index in [1.807, 2.05) is 18.5 Å². The predicted octanol–water partition coefficient (Wildman–Crippen LogP) is 4.20. The molecule has 1 saturated heterocycles. The Morgan fingerprint density at radius 2 is 2.07 bits per heavy atom. The molecule has 3 heterocycles. The summed E-state index contributed by atoms with van der Waals surface area (Å²) in [5.41, 5.74) is -0.417. The van der Waals surface area contributed by atoms with Gasteiger partial charge in [-0.05, 0) is 64.1 Å². The normalized spacial score (nSPS) is 25.6. The molecule has 0 bridgehead atoms. The molecule has 1 saturated carbocycles. The Hall–Kier alpha value is -2.00. The van der Waals surface area contributed by atoms with Crippen molar-refractivity contribution in [3.8, 4) is 11.4 Å². The predicted molar refractivity (Wildman–Crippen MR) is 106 cm³/mol. The van der Waals surface area contributed by atoms with E-state index in [0.717, 1.165) is 57.3 Å². The first-order valence-corrected chi connectivity index (χ1v) is 10.7. The van der Waals surface area contributed by atoms with Gasteiger partial charge in [-0.3, -0.25) is 4.98 Å². The maximum Gasteiger partial charge on any atom is 0.433 e. The Balaban J connectivity index is 1.54. The number of hydrogen-bond acceptors (Lipinski definition) is 5. The maximum absolute atomic E-state index is 12.8. The molecule has 0 radical (unpaired) electrons. The van der Waals surface area contributed by atoms with Crippen LogP contribution in [0.15, 0.2) is 18.3 Å². The third-order valence-electron chi connectivity index (χ3n) is 6.00.